The van der Waals surface area contributed by atoms with E-state index in [1.807, 2.05) is 0 Å². The SMILES string of the molecule is CN(CC(=O)NCCc1ncn[nH]1)c1ccc(Cl)cn1. The van der Waals surface area contributed by atoms with Gasteiger partial charge in [-0.2, -0.15) is 5.10 Å². The molecule has 0 radical (unpaired) electrons. The first-order chi connectivity index (χ1) is 9.65. The molecule has 0 spiro atoms. The highest BCUT2D eigenvalue weighted by Gasteiger charge is 2.08. The van der Waals surface area contributed by atoms with Crippen LogP contribution in [0.1, 0.15) is 5.82 Å². The number of hydrogen-bond donors (Lipinski definition) is 2. The number of amides is 1. The highest BCUT2D eigenvalue weighted by atomic mass is 35.5. The fraction of sp³-hybridized carbons (Fsp3) is 0.333. The van der Waals surface area contributed by atoms with Gasteiger partial charge in [0.15, 0.2) is 0 Å². The molecule has 2 aromatic rings. The number of aromatic amines is 1. The fourth-order valence-electron chi connectivity index (χ4n) is 1.62. The van der Waals surface area contributed by atoms with Crippen LogP contribution >= 0.6 is 11.6 Å². The lowest BCUT2D eigenvalue weighted by Crippen LogP contribution is -2.36. The number of H-pyrrole nitrogens is 1. The van der Waals surface area contributed by atoms with Crippen molar-refractivity contribution in [1.82, 2.24) is 25.5 Å². The maximum absolute atomic E-state index is 11.8. The van der Waals surface area contributed by atoms with Crippen LogP contribution in [-0.2, 0) is 11.2 Å². The third kappa shape index (κ3) is 4.20. The summed E-state index contributed by atoms with van der Waals surface area (Å²) in [5, 5.41) is 9.86. The second-order valence-corrected chi connectivity index (χ2v) is 4.66. The smallest absolute Gasteiger partial charge is 0.239 e. The molecule has 0 saturated heterocycles. The van der Waals surface area contributed by atoms with E-state index in [-0.39, 0.29) is 12.5 Å². The number of pyridine rings is 1. The lowest BCUT2D eigenvalue weighted by molar-refractivity contribution is -0.119. The Morgan fingerprint density at radius 2 is 2.30 bits per heavy atom. The molecule has 0 aromatic carbocycles. The van der Waals surface area contributed by atoms with Gasteiger partial charge in [0.25, 0.3) is 0 Å². The number of nitrogens with one attached hydrogen (secondary N) is 2. The lowest BCUT2D eigenvalue weighted by atomic mass is 10.4. The Morgan fingerprint density at radius 3 is 2.95 bits per heavy atom. The van der Waals surface area contributed by atoms with E-state index in [2.05, 4.69) is 25.5 Å². The van der Waals surface area contributed by atoms with Crippen LogP contribution in [0.3, 0.4) is 0 Å². The zero-order chi connectivity index (χ0) is 14.4. The van der Waals surface area contributed by atoms with E-state index in [0.717, 1.165) is 5.82 Å². The molecule has 0 aliphatic heterocycles. The zero-order valence-electron chi connectivity index (χ0n) is 11.0. The largest absolute Gasteiger partial charge is 0.354 e. The van der Waals surface area contributed by atoms with Crippen molar-refractivity contribution >= 4 is 23.3 Å². The van der Waals surface area contributed by atoms with E-state index in [0.29, 0.717) is 23.8 Å². The standard InChI is InChI=1S/C12H15ClN6O/c1-19(11-3-2-9(13)6-15-11)7-12(20)14-5-4-10-16-8-17-18-10/h2-3,6,8H,4-5,7H2,1H3,(H,14,20)(H,16,17,18). The summed E-state index contributed by atoms with van der Waals surface area (Å²) in [6.07, 6.45) is 3.61. The molecule has 0 saturated carbocycles. The minimum Gasteiger partial charge on any atom is -0.354 e. The van der Waals surface area contributed by atoms with E-state index >= 15 is 0 Å². The number of rotatable bonds is 6. The van der Waals surface area contributed by atoms with Crippen molar-refractivity contribution in [3.8, 4) is 0 Å². The molecule has 2 heterocycles. The molecule has 0 atom stereocenters. The van der Waals surface area contributed by atoms with Gasteiger partial charge >= 0.3 is 0 Å². The van der Waals surface area contributed by atoms with Crippen molar-refractivity contribution in [2.75, 3.05) is 25.0 Å². The summed E-state index contributed by atoms with van der Waals surface area (Å²) in [7, 11) is 1.80. The second kappa shape index (κ2) is 6.85. The van der Waals surface area contributed by atoms with Gasteiger partial charge in [-0.25, -0.2) is 9.97 Å². The van der Waals surface area contributed by atoms with Crippen LogP contribution in [0.15, 0.2) is 24.7 Å². The first kappa shape index (κ1) is 14.3. The Balaban J connectivity index is 1.74. The summed E-state index contributed by atoms with van der Waals surface area (Å²) < 4.78 is 0. The van der Waals surface area contributed by atoms with Gasteiger partial charge < -0.3 is 10.2 Å². The first-order valence-electron chi connectivity index (χ1n) is 6.09. The summed E-state index contributed by atoms with van der Waals surface area (Å²) in [6.45, 7) is 0.737. The molecule has 0 unspecified atom stereocenters. The number of nitrogens with zero attached hydrogens (tertiary/aromatic N) is 4. The van der Waals surface area contributed by atoms with Crippen LogP contribution in [0.4, 0.5) is 5.82 Å². The van der Waals surface area contributed by atoms with E-state index in [1.165, 1.54) is 6.33 Å². The highest BCUT2D eigenvalue weighted by Crippen LogP contribution is 2.12. The van der Waals surface area contributed by atoms with Crippen LogP contribution < -0.4 is 10.2 Å². The number of anilines is 1. The molecule has 20 heavy (non-hydrogen) atoms. The molecule has 106 valence electrons. The van der Waals surface area contributed by atoms with Crippen molar-refractivity contribution in [1.29, 1.82) is 0 Å². The number of likely N-dealkylation sites (N-methyl/N-ethyl adjacent to an activating group) is 1. The normalized spacial score (nSPS) is 10.3. The topological polar surface area (TPSA) is 86.8 Å². The van der Waals surface area contributed by atoms with E-state index in [4.69, 9.17) is 11.6 Å². The van der Waals surface area contributed by atoms with Gasteiger partial charge in [0.1, 0.15) is 18.0 Å². The molecule has 0 aliphatic rings. The fourth-order valence-corrected chi connectivity index (χ4v) is 1.73. The van der Waals surface area contributed by atoms with Gasteiger partial charge in [-0.1, -0.05) is 11.6 Å². The van der Waals surface area contributed by atoms with Gasteiger partial charge in [0.2, 0.25) is 5.91 Å². The molecular formula is C12H15ClN6O. The van der Waals surface area contributed by atoms with Crippen LogP contribution in [-0.4, -0.2) is 46.2 Å². The van der Waals surface area contributed by atoms with Crippen molar-refractivity contribution in [2.24, 2.45) is 0 Å². The first-order valence-corrected chi connectivity index (χ1v) is 6.46. The maximum atomic E-state index is 11.8. The summed E-state index contributed by atoms with van der Waals surface area (Å²) in [5.41, 5.74) is 0. The maximum Gasteiger partial charge on any atom is 0.239 e. The minimum absolute atomic E-state index is 0.0798. The molecule has 8 heteroatoms. The molecule has 0 fully saturated rings. The highest BCUT2D eigenvalue weighted by molar-refractivity contribution is 6.30. The second-order valence-electron chi connectivity index (χ2n) is 4.22. The van der Waals surface area contributed by atoms with Crippen LogP contribution in [0.25, 0.3) is 0 Å². The summed E-state index contributed by atoms with van der Waals surface area (Å²) in [4.78, 5) is 21.6. The monoisotopic (exact) mass is 294 g/mol. The Kier molecular flexibility index (Phi) is 4.89. The van der Waals surface area contributed by atoms with Gasteiger partial charge in [0, 0.05) is 26.2 Å². The van der Waals surface area contributed by atoms with E-state index < -0.39 is 0 Å². The Morgan fingerprint density at radius 1 is 1.45 bits per heavy atom. The number of aromatic nitrogens is 4. The Labute approximate surface area is 121 Å². The van der Waals surface area contributed by atoms with Crippen LogP contribution in [0.2, 0.25) is 5.02 Å². The number of carbonyl (C=O) groups is 1. The molecule has 1 amide bonds. The van der Waals surface area contributed by atoms with Crippen molar-refractivity contribution in [3.05, 3.63) is 35.5 Å². The van der Waals surface area contributed by atoms with Gasteiger partial charge in [-0.3, -0.25) is 9.89 Å². The van der Waals surface area contributed by atoms with Crippen molar-refractivity contribution in [3.63, 3.8) is 0 Å². The quantitative estimate of drug-likeness (QED) is 0.817. The summed E-state index contributed by atoms with van der Waals surface area (Å²) in [6, 6.07) is 3.51. The molecular weight excluding hydrogens is 280 g/mol. The molecule has 2 rings (SSSR count). The van der Waals surface area contributed by atoms with Crippen molar-refractivity contribution < 1.29 is 4.79 Å². The zero-order valence-corrected chi connectivity index (χ0v) is 11.8. The van der Waals surface area contributed by atoms with Gasteiger partial charge in [0.05, 0.1) is 11.6 Å². The van der Waals surface area contributed by atoms with Crippen LogP contribution in [0.5, 0.6) is 0 Å². The van der Waals surface area contributed by atoms with E-state index in [1.54, 1.807) is 30.3 Å². The summed E-state index contributed by atoms with van der Waals surface area (Å²) >= 11 is 5.77. The van der Waals surface area contributed by atoms with Crippen molar-refractivity contribution in [2.45, 2.75) is 6.42 Å². The average Bonchev–Trinajstić information content (AvgIpc) is 2.92. The molecule has 2 N–H and O–H groups in total. The minimum atomic E-state index is -0.0798. The number of halogens is 1. The lowest BCUT2D eigenvalue weighted by Gasteiger charge is -2.17. The Hall–Kier alpha value is -2.15. The third-order valence-electron chi connectivity index (χ3n) is 2.63. The van der Waals surface area contributed by atoms with E-state index in [9.17, 15) is 4.79 Å². The Bertz CT molecular complexity index is 542. The molecule has 0 bridgehead atoms. The number of carbonyl (C=O) groups excluding carboxylic acids is 1. The van der Waals surface area contributed by atoms with Crippen LogP contribution in [0, 0.1) is 0 Å². The molecule has 2 aromatic heterocycles. The predicted octanol–water partition coefficient (Wildman–Crippen LogP) is 0.648. The average molecular weight is 295 g/mol. The number of hydrogen-bond acceptors (Lipinski definition) is 5. The summed E-state index contributed by atoms with van der Waals surface area (Å²) in [5.74, 6) is 1.36. The van der Waals surface area contributed by atoms with Gasteiger partial charge in [-0.15, -0.1) is 0 Å². The predicted molar refractivity (Wildman–Crippen MR) is 75.6 cm³/mol. The molecule has 7 nitrogen and oxygen atoms in total. The molecule has 0 aliphatic carbocycles. The van der Waals surface area contributed by atoms with Gasteiger partial charge in [-0.05, 0) is 12.1 Å². The third-order valence-corrected chi connectivity index (χ3v) is 2.86.